The monoisotopic (exact) mass is 441 g/mol. The number of carbonyl (C=O) groups is 1. The number of rotatable bonds is 4. The molecule has 2 aromatic heterocycles. The summed E-state index contributed by atoms with van der Waals surface area (Å²) in [5.74, 6) is -0.536. The van der Waals surface area contributed by atoms with Gasteiger partial charge in [0.1, 0.15) is 5.69 Å². The maximum absolute atomic E-state index is 13.0. The van der Waals surface area contributed by atoms with Gasteiger partial charge in [-0.2, -0.15) is 13.2 Å². The molecule has 0 bridgehead atoms. The second-order valence-corrected chi connectivity index (χ2v) is 7.93. The molecule has 1 amide bonds. The Bertz CT molecular complexity index is 1300. The number of aromatic nitrogens is 2. The third-order valence-electron chi connectivity index (χ3n) is 5.02. The number of imidazole rings is 1. The van der Waals surface area contributed by atoms with Crippen LogP contribution >= 0.6 is 11.3 Å². The summed E-state index contributed by atoms with van der Waals surface area (Å²) in [6.07, 6.45) is 0.860. The van der Waals surface area contributed by atoms with Crippen LogP contribution < -0.4 is 5.32 Å². The van der Waals surface area contributed by atoms with Gasteiger partial charge in [0.25, 0.3) is 5.91 Å². The molecule has 0 radical (unpaired) electrons. The highest BCUT2D eigenvalue weighted by atomic mass is 32.1. The predicted octanol–water partition coefficient (Wildman–Crippen LogP) is 6.45. The first-order chi connectivity index (χ1) is 14.7. The Kier molecular flexibility index (Phi) is 5.41. The van der Waals surface area contributed by atoms with Crippen LogP contribution in [0.4, 0.5) is 18.9 Å². The van der Waals surface area contributed by atoms with Gasteiger partial charge in [0.15, 0.2) is 4.96 Å². The molecule has 0 saturated carbocycles. The van der Waals surface area contributed by atoms with Crippen LogP contribution in [0.3, 0.4) is 0 Å². The molecule has 0 fully saturated rings. The van der Waals surface area contributed by atoms with Crippen molar-refractivity contribution in [3.05, 3.63) is 87.7 Å². The molecule has 0 aliphatic carbocycles. The van der Waals surface area contributed by atoms with Gasteiger partial charge < -0.3 is 5.32 Å². The van der Waals surface area contributed by atoms with Crippen molar-refractivity contribution < 1.29 is 18.0 Å². The molecule has 2 aromatic carbocycles. The highest BCUT2D eigenvalue weighted by Crippen LogP contribution is 2.31. The number of thiazole rings is 1. The van der Waals surface area contributed by atoms with Crippen LogP contribution in [0.25, 0.3) is 17.1 Å². The maximum atomic E-state index is 13.0. The minimum Gasteiger partial charge on any atom is -0.321 e. The smallest absolute Gasteiger partial charge is 0.321 e. The van der Waals surface area contributed by atoms with E-state index in [1.54, 1.807) is 22.1 Å². The van der Waals surface area contributed by atoms with Crippen molar-refractivity contribution in [1.82, 2.24) is 9.38 Å². The zero-order valence-corrected chi connectivity index (χ0v) is 17.5. The number of alkyl halides is 3. The molecule has 8 heteroatoms. The third kappa shape index (κ3) is 4.25. The second-order valence-electron chi connectivity index (χ2n) is 7.06. The molecule has 31 heavy (non-hydrogen) atoms. The van der Waals surface area contributed by atoms with E-state index in [0.717, 1.165) is 28.8 Å². The first-order valence-corrected chi connectivity index (χ1v) is 10.3. The molecule has 1 N–H and O–H groups in total. The number of aryl methyl sites for hydroxylation is 1. The van der Waals surface area contributed by atoms with Gasteiger partial charge in [-0.15, -0.1) is 11.3 Å². The summed E-state index contributed by atoms with van der Waals surface area (Å²) < 4.78 is 40.6. The van der Waals surface area contributed by atoms with E-state index in [9.17, 15) is 18.0 Å². The van der Waals surface area contributed by atoms with Crippen LogP contribution in [0, 0.1) is 13.8 Å². The Hall–Kier alpha value is -3.39. The topological polar surface area (TPSA) is 46.4 Å². The molecule has 158 valence electrons. The lowest BCUT2D eigenvalue weighted by molar-refractivity contribution is -0.137. The molecule has 2 heterocycles. The lowest BCUT2D eigenvalue weighted by atomic mass is 10.0. The average molecular weight is 441 g/mol. The molecule has 0 aliphatic rings. The lowest BCUT2D eigenvalue weighted by Crippen LogP contribution is -2.16. The number of anilines is 1. The van der Waals surface area contributed by atoms with E-state index in [0.29, 0.717) is 10.7 Å². The third-order valence-corrected chi connectivity index (χ3v) is 5.78. The van der Waals surface area contributed by atoms with Gasteiger partial charge in [0, 0.05) is 17.3 Å². The van der Waals surface area contributed by atoms with Crippen molar-refractivity contribution in [3.63, 3.8) is 0 Å². The molecular formula is C23H18F3N3OS. The van der Waals surface area contributed by atoms with Crippen LogP contribution in [-0.4, -0.2) is 15.3 Å². The predicted molar refractivity (Wildman–Crippen MR) is 117 cm³/mol. The zero-order chi connectivity index (χ0) is 22.2. The molecule has 4 aromatic rings. The summed E-state index contributed by atoms with van der Waals surface area (Å²) in [6, 6.07) is 10.5. The van der Waals surface area contributed by atoms with Crippen LogP contribution in [0.5, 0.6) is 0 Å². The van der Waals surface area contributed by atoms with Gasteiger partial charge >= 0.3 is 6.18 Å². The number of nitrogens with one attached hydrogen (secondary N) is 1. The van der Waals surface area contributed by atoms with E-state index >= 15 is 0 Å². The van der Waals surface area contributed by atoms with Gasteiger partial charge in [-0.25, -0.2) is 4.98 Å². The first kappa shape index (κ1) is 20.9. The summed E-state index contributed by atoms with van der Waals surface area (Å²) in [7, 11) is 0. The number of carbonyl (C=O) groups excluding carboxylic acids is 1. The maximum Gasteiger partial charge on any atom is 0.416 e. The molecule has 0 unspecified atom stereocenters. The molecule has 0 atom stereocenters. The Morgan fingerprint density at radius 1 is 1.13 bits per heavy atom. The number of halogens is 3. The lowest BCUT2D eigenvalue weighted by Gasteiger charge is -2.10. The minimum atomic E-state index is -4.49. The van der Waals surface area contributed by atoms with Crippen LogP contribution in [-0.2, 0) is 6.18 Å². The van der Waals surface area contributed by atoms with Gasteiger partial charge in [0.2, 0.25) is 0 Å². The minimum absolute atomic E-state index is 0.0643. The largest absolute Gasteiger partial charge is 0.416 e. The van der Waals surface area contributed by atoms with Crippen molar-refractivity contribution >= 4 is 40.0 Å². The van der Waals surface area contributed by atoms with Crippen LogP contribution in [0.1, 0.15) is 38.4 Å². The highest BCUT2D eigenvalue weighted by molar-refractivity contribution is 7.15. The van der Waals surface area contributed by atoms with Gasteiger partial charge in [-0.05, 0) is 54.8 Å². The van der Waals surface area contributed by atoms with Gasteiger partial charge in [-0.3, -0.25) is 9.20 Å². The average Bonchev–Trinajstić information content (AvgIpc) is 3.29. The molecule has 0 aliphatic heterocycles. The summed E-state index contributed by atoms with van der Waals surface area (Å²) >= 11 is 1.37. The van der Waals surface area contributed by atoms with Crippen molar-refractivity contribution in [2.24, 2.45) is 0 Å². The first-order valence-electron chi connectivity index (χ1n) is 9.42. The fraction of sp³-hybridized carbons (Fsp3) is 0.130. The fourth-order valence-corrected chi connectivity index (χ4v) is 3.95. The SMILES string of the molecule is Cc1cccc(C=Cc2nc3sccn3c2C(=O)Nc2cccc(C(F)(F)F)c2)c1C. The second kappa shape index (κ2) is 8.03. The number of amides is 1. The summed E-state index contributed by atoms with van der Waals surface area (Å²) in [4.78, 5) is 18.2. The number of hydrogen-bond acceptors (Lipinski definition) is 3. The zero-order valence-electron chi connectivity index (χ0n) is 16.7. The summed E-state index contributed by atoms with van der Waals surface area (Å²) in [5, 5.41) is 4.36. The van der Waals surface area contributed by atoms with Crippen molar-refractivity contribution in [1.29, 1.82) is 0 Å². The molecule has 0 spiro atoms. The highest BCUT2D eigenvalue weighted by Gasteiger charge is 2.30. The number of hydrogen-bond donors (Lipinski definition) is 1. The van der Waals surface area contributed by atoms with Gasteiger partial charge in [0.05, 0.1) is 11.3 Å². The summed E-state index contributed by atoms with van der Waals surface area (Å²) in [6.45, 7) is 4.04. The number of fused-ring (bicyclic) bond motifs is 1. The van der Waals surface area contributed by atoms with E-state index in [2.05, 4.69) is 10.3 Å². The quantitative estimate of drug-likeness (QED) is 0.395. The Morgan fingerprint density at radius 3 is 2.68 bits per heavy atom. The van der Waals surface area contributed by atoms with Crippen LogP contribution in [0.2, 0.25) is 0 Å². The number of benzene rings is 2. The van der Waals surface area contributed by atoms with Gasteiger partial charge in [-0.1, -0.05) is 30.3 Å². The molecule has 4 rings (SSSR count). The van der Waals surface area contributed by atoms with Crippen molar-refractivity contribution in [2.75, 3.05) is 5.32 Å². The number of nitrogens with zero attached hydrogens (tertiary/aromatic N) is 2. The standard InChI is InChI=1S/C23H18F3N3OS/c1-14-5-3-6-16(15(14)2)9-10-19-20(29-11-12-31-22(29)28-19)21(30)27-18-8-4-7-17(13-18)23(24,25)26/h3-13H,1-2H3,(H,27,30). The van der Waals surface area contributed by atoms with E-state index in [4.69, 9.17) is 0 Å². The summed E-state index contributed by atoms with van der Waals surface area (Å²) in [5.41, 5.74) is 3.21. The normalized spacial score (nSPS) is 12.0. The fourth-order valence-electron chi connectivity index (χ4n) is 3.23. The van der Waals surface area contributed by atoms with Crippen molar-refractivity contribution in [2.45, 2.75) is 20.0 Å². The molecular weight excluding hydrogens is 423 g/mol. The van der Waals surface area contributed by atoms with E-state index in [1.807, 2.05) is 38.1 Å². The van der Waals surface area contributed by atoms with Crippen LogP contribution in [0.15, 0.2) is 54.0 Å². The molecule has 0 saturated heterocycles. The van der Waals surface area contributed by atoms with Crippen molar-refractivity contribution in [3.8, 4) is 0 Å². The van der Waals surface area contributed by atoms with E-state index in [-0.39, 0.29) is 11.4 Å². The Balaban J connectivity index is 1.69. The molecule has 4 nitrogen and oxygen atoms in total. The van der Waals surface area contributed by atoms with E-state index < -0.39 is 17.6 Å². The van der Waals surface area contributed by atoms with E-state index in [1.165, 1.54) is 23.5 Å². The Labute approximate surface area is 180 Å². The Morgan fingerprint density at radius 2 is 1.90 bits per heavy atom.